The third-order valence-corrected chi connectivity index (χ3v) is 4.27. The molecule has 0 amide bonds. The fraction of sp³-hybridized carbons (Fsp3) is 0.118. The molecule has 0 spiro atoms. The molecule has 0 saturated heterocycles. The first-order chi connectivity index (χ1) is 11.1. The molecule has 1 heterocycles. The number of benzene rings is 2. The maximum Gasteiger partial charge on any atom is 0.249 e. The number of aryl methyl sites for hydroxylation is 2. The van der Waals surface area contributed by atoms with Gasteiger partial charge in [0.2, 0.25) is 5.95 Å². The van der Waals surface area contributed by atoms with Gasteiger partial charge < -0.3 is 10.6 Å². The number of rotatable bonds is 4. The van der Waals surface area contributed by atoms with Crippen LogP contribution < -0.4 is 10.6 Å². The van der Waals surface area contributed by atoms with Crippen LogP contribution in [0, 0.1) is 13.8 Å². The molecule has 0 fully saturated rings. The Bertz CT molecular complexity index is 835. The fourth-order valence-corrected chi connectivity index (χ4v) is 2.37. The van der Waals surface area contributed by atoms with Crippen LogP contribution in [0.2, 0.25) is 0 Å². The van der Waals surface area contributed by atoms with Crippen molar-refractivity contribution in [3.63, 3.8) is 0 Å². The summed E-state index contributed by atoms with van der Waals surface area (Å²) in [5, 5.41) is 14.5. The minimum atomic E-state index is 0.457. The van der Waals surface area contributed by atoms with E-state index in [-0.39, 0.29) is 0 Å². The predicted molar refractivity (Wildman–Crippen MR) is 96.5 cm³/mol. The molecule has 0 radical (unpaired) electrons. The largest absolute Gasteiger partial charge is 0.339 e. The van der Waals surface area contributed by atoms with E-state index in [9.17, 15) is 0 Å². The average molecular weight is 370 g/mol. The highest BCUT2D eigenvalue weighted by Gasteiger charge is 2.04. The summed E-state index contributed by atoms with van der Waals surface area (Å²) in [5.74, 6) is 1.09. The van der Waals surface area contributed by atoms with Crippen molar-refractivity contribution >= 4 is 39.1 Å². The molecule has 0 aliphatic rings. The van der Waals surface area contributed by atoms with Gasteiger partial charge >= 0.3 is 0 Å². The number of para-hydroxylation sites is 1. The van der Waals surface area contributed by atoms with Crippen LogP contribution in [-0.4, -0.2) is 15.2 Å². The van der Waals surface area contributed by atoms with Crippen molar-refractivity contribution in [3.05, 3.63) is 64.3 Å². The smallest absolute Gasteiger partial charge is 0.249 e. The third kappa shape index (κ3) is 3.84. The van der Waals surface area contributed by atoms with E-state index in [1.807, 2.05) is 56.3 Å². The van der Waals surface area contributed by atoms with Crippen molar-refractivity contribution in [2.24, 2.45) is 0 Å². The van der Waals surface area contributed by atoms with Crippen molar-refractivity contribution in [1.29, 1.82) is 0 Å². The van der Waals surface area contributed by atoms with Gasteiger partial charge in [-0.05, 0) is 49.2 Å². The van der Waals surface area contributed by atoms with Crippen LogP contribution in [0.15, 0.2) is 53.1 Å². The Kier molecular flexibility index (Phi) is 4.52. The van der Waals surface area contributed by atoms with Gasteiger partial charge in [0.1, 0.15) is 0 Å². The van der Waals surface area contributed by atoms with Gasteiger partial charge in [-0.3, -0.25) is 0 Å². The van der Waals surface area contributed by atoms with E-state index in [4.69, 9.17) is 0 Å². The maximum absolute atomic E-state index is 4.45. The Morgan fingerprint density at radius 1 is 0.957 bits per heavy atom. The second kappa shape index (κ2) is 6.75. The summed E-state index contributed by atoms with van der Waals surface area (Å²) in [6, 6.07) is 14.0. The molecule has 0 saturated carbocycles. The first-order valence-electron chi connectivity index (χ1n) is 7.17. The van der Waals surface area contributed by atoms with E-state index in [0.29, 0.717) is 11.8 Å². The van der Waals surface area contributed by atoms with Crippen LogP contribution >= 0.6 is 15.9 Å². The zero-order valence-corrected chi connectivity index (χ0v) is 14.4. The van der Waals surface area contributed by atoms with Crippen LogP contribution in [-0.2, 0) is 0 Å². The molecule has 6 heteroatoms. The summed E-state index contributed by atoms with van der Waals surface area (Å²) < 4.78 is 1.07. The lowest BCUT2D eigenvalue weighted by Crippen LogP contribution is -2.03. The Labute approximate surface area is 143 Å². The molecule has 3 aromatic rings. The zero-order valence-electron chi connectivity index (χ0n) is 12.8. The van der Waals surface area contributed by atoms with E-state index in [1.54, 1.807) is 6.20 Å². The number of hydrogen-bond acceptors (Lipinski definition) is 5. The van der Waals surface area contributed by atoms with Gasteiger partial charge in [-0.15, -0.1) is 5.10 Å². The molecule has 2 N–H and O–H groups in total. The van der Waals surface area contributed by atoms with Crippen molar-refractivity contribution in [1.82, 2.24) is 15.2 Å². The lowest BCUT2D eigenvalue weighted by atomic mass is 10.2. The van der Waals surface area contributed by atoms with E-state index >= 15 is 0 Å². The SMILES string of the molecule is Cc1cc(Nc2cnnc(Nc3ccccc3C)n2)ccc1Br. The Hall–Kier alpha value is -2.47. The predicted octanol–water partition coefficient (Wildman–Crippen LogP) is 4.74. The highest BCUT2D eigenvalue weighted by Crippen LogP contribution is 2.23. The number of anilines is 4. The molecule has 0 unspecified atom stereocenters. The molecule has 0 aliphatic carbocycles. The zero-order chi connectivity index (χ0) is 16.2. The molecule has 1 aromatic heterocycles. The molecule has 2 aromatic carbocycles. The quantitative estimate of drug-likeness (QED) is 0.695. The van der Waals surface area contributed by atoms with Crippen molar-refractivity contribution in [2.45, 2.75) is 13.8 Å². The molecular formula is C17H16BrN5. The van der Waals surface area contributed by atoms with E-state index in [1.165, 1.54) is 0 Å². The summed E-state index contributed by atoms with van der Waals surface area (Å²) in [6.45, 7) is 4.07. The topological polar surface area (TPSA) is 62.7 Å². The molecule has 0 aliphatic heterocycles. The van der Waals surface area contributed by atoms with Crippen molar-refractivity contribution in [2.75, 3.05) is 10.6 Å². The van der Waals surface area contributed by atoms with Gasteiger partial charge in [0, 0.05) is 15.8 Å². The number of hydrogen-bond donors (Lipinski definition) is 2. The van der Waals surface area contributed by atoms with Crippen LogP contribution in [0.25, 0.3) is 0 Å². The van der Waals surface area contributed by atoms with Gasteiger partial charge in [0.25, 0.3) is 0 Å². The average Bonchev–Trinajstić information content (AvgIpc) is 2.54. The van der Waals surface area contributed by atoms with Crippen LogP contribution in [0.4, 0.5) is 23.1 Å². The Morgan fingerprint density at radius 2 is 1.78 bits per heavy atom. The van der Waals surface area contributed by atoms with Gasteiger partial charge in [0.15, 0.2) is 5.82 Å². The Balaban J connectivity index is 1.79. The lowest BCUT2D eigenvalue weighted by molar-refractivity contribution is 0.981. The van der Waals surface area contributed by atoms with E-state index in [2.05, 4.69) is 41.7 Å². The van der Waals surface area contributed by atoms with E-state index < -0.39 is 0 Å². The minimum Gasteiger partial charge on any atom is -0.339 e. The van der Waals surface area contributed by atoms with Crippen molar-refractivity contribution in [3.8, 4) is 0 Å². The highest BCUT2D eigenvalue weighted by atomic mass is 79.9. The molecule has 3 rings (SSSR count). The second-order valence-electron chi connectivity index (χ2n) is 5.19. The molecule has 5 nitrogen and oxygen atoms in total. The lowest BCUT2D eigenvalue weighted by Gasteiger charge is -2.10. The van der Waals surface area contributed by atoms with Crippen molar-refractivity contribution < 1.29 is 0 Å². The van der Waals surface area contributed by atoms with Gasteiger partial charge in [-0.25, -0.2) is 0 Å². The third-order valence-electron chi connectivity index (χ3n) is 3.38. The van der Waals surface area contributed by atoms with Crippen LogP contribution in [0.1, 0.15) is 11.1 Å². The van der Waals surface area contributed by atoms with Gasteiger partial charge in [0.05, 0.1) is 6.20 Å². The monoisotopic (exact) mass is 369 g/mol. The minimum absolute atomic E-state index is 0.457. The molecule has 0 atom stereocenters. The summed E-state index contributed by atoms with van der Waals surface area (Å²) in [4.78, 5) is 4.45. The first kappa shape index (κ1) is 15.4. The summed E-state index contributed by atoms with van der Waals surface area (Å²) in [6.07, 6.45) is 1.60. The number of nitrogens with one attached hydrogen (secondary N) is 2. The fourth-order valence-electron chi connectivity index (χ4n) is 2.12. The summed E-state index contributed by atoms with van der Waals surface area (Å²) in [5.41, 5.74) is 4.19. The summed E-state index contributed by atoms with van der Waals surface area (Å²) in [7, 11) is 0. The number of halogens is 1. The normalized spacial score (nSPS) is 10.4. The molecule has 0 bridgehead atoms. The second-order valence-corrected chi connectivity index (χ2v) is 6.05. The number of nitrogens with zero attached hydrogens (tertiary/aromatic N) is 3. The molecule has 116 valence electrons. The summed E-state index contributed by atoms with van der Waals surface area (Å²) >= 11 is 3.49. The first-order valence-corrected chi connectivity index (χ1v) is 7.97. The number of aromatic nitrogens is 3. The van der Waals surface area contributed by atoms with Gasteiger partial charge in [-0.2, -0.15) is 10.1 Å². The van der Waals surface area contributed by atoms with Gasteiger partial charge in [-0.1, -0.05) is 34.1 Å². The molecular weight excluding hydrogens is 354 g/mol. The van der Waals surface area contributed by atoms with Crippen LogP contribution in [0.3, 0.4) is 0 Å². The van der Waals surface area contributed by atoms with Crippen LogP contribution in [0.5, 0.6) is 0 Å². The highest BCUT2D eigenvalue weighted by molar-refractivity contribution is 9.10. The standard InChI is InChI=1S/C17H16BrN5/c1-11-5-3-4-6-15(11)21-17-22-16(10-19-23-17)20-13-7-8-14(18)12(2)9-13/h3-10H,1-2H3,(H2,20,21,22,23). The molecule has 23 heavy (non-hydrogen) atoms. The maximum atomic E-state index is 4.45. The van der Waals surface area contributed by atoms with E-state index in [0.717, 1.165) is 27.0 Å². The Morgan fingerprint density at radius 3 is 2.57 bits per heavy atom.